The van der Waals surface area contributed by atoms with E-state index in [9.17, 15) is 14.0 Å². The first-order chi connectivity index (χ1) is 14.9. The third-order valence-corrected chi connectivity index (χ3v) is 5.47. The number of rotatable bonds is 9. The van der Waals surface area contributed by atoms with Gasteiger partial charge in [-0.3, -0.25) is 9.59 Å². The highest BCUT2D eigenvalue weighted by Gasteiger charge is 2.19. The molecule has 1 amide bonds. The monoisotopic (exact) mass is 448 g/mol. The number of benzene rings is 1. The van der Waals surface area contributed by atoms with Crippen molar-refractivity contribution in [3.63, 3.8) is 0 Å². The molecule has 1 atom stereocenters. The van der Waals surface area contributed by atoms with E-state index in [1.165, 1.54) is 63.4 Å². The molecule has 168 valence electrons. The Bertz CT molecular complexity index is 873. The predicted octanol–water partition coefficient (Wildman–Crippen LogP) is 3.82. The van der Waals surface area contributed by atoms with E-state index in [0.29, 0.717) is 28.4 Å². The van der Waals surface area contributed by atoms with Crippen LogP contribution in [0.2, 0.25) is 0 Å². The van der Waals surface area contributed by atoms with Crippen molar-refractivity contribution in [3.8, 4) is 16.9 Å². The Balaban J connectivity index is 0.000000597. The number of thiophene rings is 1. The van der Waals surface area contributed by atoms with Crippen LogP contribution in [0.3, 0.4) is 0 Å². The number of carbonyl (C=O) groups excluding carboxylic acids is 2. The summed E-state index contributed by atoms with van der Waals surface area (Å²) in [6, 6.07) is 5.25. The summed E-state index contributed by atoms with van der Waals surface area (Å²) in [5.41, 5.74) is 1.30. The molecule has 6 nitrogen and oxygen atoms in total. The van der Waals surface area contributed by atoms with Crippen molar-refractivity contribution < 1.29 is 23.5 Å². The molecule has 2 aromatic rings. The van der Waals surface area contributed by atoms with Crippen LogP contribution in [-0.2, 0) is 9.53 Å². The normalized spacial score (nSPS) is 13.6. The molecule has 3 rings (SSSR count). The van der Waals surface area contributed by atoms with Crippen molar-refractivity contribution in [2.45, 2.75) is 25.8 Å². The number of carbonyl (C=O) groups is 2. The molecule has 1 aliphatic rings. The molecule has 0 spiro atoms. The van der Waals surface area contributed by atoms with Gasteiger partial charge in [-0.1, -0.05) is 6.08 Å². The Morgan fingerprint density at radius 2 is 2.00 bits per heavy atom. The molecule has 1 unspecified atom stereocenters. The SMILES string of the molecule is C1CCNC1.C=CCOCC(NC(=O)c1cc(-c2cc(F)cc(OC)c2)cs1)C(C)=O. The van der Waals surface area contributed by atoms with Gasteiger partial charge in [-0.05, 0) is 67.6 Å². The molecule has 1 aliphatic heterocycles. The van der Waals surface area contributed by atoms with Gasteiger partial charge in [-0.15, -0.1) is 17.9 Å². The van der Waals surface area contributed by atoms with Crippen molar-refractivity contribution in [2.24, 2.45) is 0 Å². The molecule has 0 saturated carbocycles. The molecular weight excluding hydrogens is 419 g/mol. The lowest BCUT2D eigenvalue weighted by Crippen LogP contribution is -2.42. The quantitative estimate of drug-likeness (QED) is 0.451. The summed E-state index contributed by atoms with van der Waals surface area (Å²) in [5, 5.41) is 7.63. The summed E-state index contributed by atoms with van der Waals surface area (Å²) in [5.74, 6) is -0.609. The smallest absolute Gasteiger partial charge is 0.262 e. The molecule has 31 heavy (non-hydrogen) atoms. The fraction of sp³-hybridized carbons (Fsp3) is 0.391. The van der Waals surface area contributed by atoms with Crippen LogP contribution in [0.4, 0.5) is 4.39 Å². The van der Waals surface area contributed by atoms with Crippen LogP contribution in [-0.4, -0.2) is 51.1 Å². The largest absolute Gasteiger partial charge is 0.497 e. The average Bonchev–Trinajstić information content (AvgIpc) is 3.47. The third-order valence-electron chi connectivity index (χ3n) is 4.54. The van der Waals surface area contributed by atoms with Gasteiger partial charge < -0.3 is 20.1 Å². The Hall–Kier alpha value is -2.55. The van der Waals surface area contributed by atoms with Gasteiger partial charge in [0, 0.05) is 6.07 Å². The average molecular weight is 449 g/mol. The summed E-state index contributed by atoms with van der Waals surface area (Å²) in [4.78, 5) is 24.5. The number of ketones is 1. The van der Waals surface area contributed by atoms with Gasteiger partial charge in [0.1, 0.15) is 17.6 Å². The first-order valence-electron chi connectivity index (χ1n) is 10.1. The number of methoxy groups -OCH3 is 1. The third kappa shape index (κ3) is 8.24. The first kappa shape index (κ1) is 24.7. The number of Topliss-reactive ketones (excluding diaryl/α,β-unsaturated/α-hetero) is 1. The van der Waals surface area contributed by atoms with Crippen molar-refractivity contribution in [1.82, 2.24) is 10.6 Å². The second-order valence-electron chi connectivity index (χ2n) is 7.00. The van der Waals surface area contributed by atoms with Gasteiger partial charge >= 0.3 is 0 Å². The summed E-state index contributed by atoms with van der Waals surface area (Å²) >= 11 is 1.21. The van der Waals surface area contributed by atoms with E-state index in [0.717, 1.165) is 0 Å². The van der Waals surface area contributed by atoms with Crippen LogP contribution in [0.25, 0.3) is 11.1 Å². The van der Waals surface area contributed by atoms with E-state index in [1.807, 2.05) is 0 Å². The van der Waals surface area contributed by atoms with Crippen LogP contribution in [0.1, 0.15) is 29.4 Å². The molecule has 0 aliphatic carbocycles. The van der Waals surface area contributed by atoms with Crippen molar-refractivity contribution in [3.05, 3.63) is 53.0 Å². The number of nitrogens with one attached hydrogen (secondary N) is 2. The van der Waals surface area contributed by atoms with Crippen molar-refractivity contribution >= 4 is 23.0 Å². The maximum absolute atomic E-state index is 13.7. The van der Waals surface area contributed by atoms with E-state index in [2.05, 4.69) is 17.2 Å². The minimum atomic E-state index is -0.734. The van der Waals surface area contributed by atoms with E-state index in [4.69, 9.17) is 9.47 Å². The molecule has 2 N–H and O–H groups in total. The number of hydrogen-bond donors (Lipinski definition) is 2. The highest BCUT2D eigenvalue weighted by atomic mass is 32.1. The molecule has 1 aromatic carbocycles. The molecular formula is C23H29FN2O4S. The molecule has 1 aromatic heterocycles. The fourth-order valence-corrected chi connectivity index (χ4v) is 3.66. The van der Waals surface area contributed by atoms with Gasteiger partial charge in [-0.2, -0.15) is 0 Å². The van der Waals surface area contributed by atoms with Crippen LogP contribution < -0.4 is 15.4 Å². The zero-order valence-corrected chi connectivity index (χ0v) is 18.7. The van der Waals surface area contributed by atoms with E-state index in [-0.39, 0.29) is 18.3 Å². The van der Waals surface area contributed by atoms with Gasteiger partial charge in [0.25, 0.3) is 5.91 Å². The molecule has 2 heterocycles. The maximum atomic E-state index is 13.7. The Morgan fingerprint density at radius 1 is 1.26 bits per heavy atom. The maximum Gasteiger partial charge on any atom is 0.262 e. The van der Waals surface area contributed by atoms with E-state index >= 15 is 0 Å². The van der Waals surface area contributed by atoms with Crippen molar-refractivity contribution in [2.75, 3.05) is 33.4 Å². The molecule has 1 fully saturated rings. The summed E-state index contributed by atoms with van der Waals surface area (Å²) in [7, 11) is 1.46. The number of hydrogen-bond acceptors (Lipinski definition) is 6. The molecule has 8 heteroatoms. The van der Waals surface area contributed by atoms with Gasteiger partial charge in [0.05, 0.1) is 25.2 Å². The number of ether oxygens (including phenoxy) is 2. The lowest BCUT2D eigenvalue weighted by atomic mass is 10.1. The van der Waals surface area contributed by atoms with Gasteiger partial charge in [-0.25, -0.2) is 4.39 Å². The molecule has 0 bridgehead atoms. The van der Waals surface area contributed by atoms with E-state index < -0.39 is 11.9 Å². The van der Waals surface area contributed by atoms with Gasteiger partial charge in [0.15, 0.2) is 5.78 Å². The fourth-order valence-electron chi connectivity index (χ4n) is 2.84. The van der Waals surface area contributed by atoms with Gasteiger partial charge in [0.2, 0.25) is 0 Å². The lowest BCUT2D eigenvalue weighted by Gasteiger charge is -2.15. The summed E-state index contributed by atoms with van der Waals surface area (Å²) in [6.45, 7) is 7.79. The van der Waals surface area contributed by atoms with Crippen LogP contribution in [0.15, 0.2) is 42.3 Å². The van der Waals surface area contributed by atoms with Crippen LogP contribution in [0.5, 0.6) is 5.75 Å². The molecule has 1 saturated heterocycles. The topological polar surface area (TPSA) is 76.7 Å². The second kappa shape index (κ2) is 13.0. The van der Waals surface area contributed by atoms with Crippen molar-refractivity contribution in [1.29, 1.82) is 0 Å². The lowest BCUT2D eigenvalue weighted by molar-refractivity contribution is -0.120. The molecule has 0 radical (unpaired) electrons. The minimum absolute atomic E-state index is 0.0758. The highest BCUT2D eigenvalue weighted by molar-refractivity contribution is 7.12. The standard InChI is InChI=1S/C19H20FNO4S.C4H9N/c1-4-5-25-10-17(12(2)22)21-19(23)18-8-14(11-26-18)13-6-15(20)9-16(7-13)24-3;1-2-4-5-3-1/h4,6-9,11,17H,1,5,10H2,2-3H3,(H,21,23);5H,1-4H2. The summed E-state index contributed by atoms with van der Waals surface area (Å²) in [6.07, 6.45) is 4.35. The highest BCUT2D eigenvalue weighted by Crippen LogP contribution is 2.29. The predicted molar refractivity (Wildman–Crippen MR) is 121 cm³/mol. The first-order valence-corrected chi connectivity index (χ1v) is 11.0. The van der Waals surface area contributed by atoms with Crippen LogP contribution >= 0.6 is 11.3 Å². The zero-order valence-electron chi connectivity index (χ0n) is 17.9. The Morgan fingerprint density at radius 3 is 2.58 bits per heavy atom. The minimum Gasteiger partial charge on any atom is -0.497 e. The van der Waals surface area contributed by atoms with E-state index in [1.54, 1.807) is 23.6 Å². The Labute approximate surface area is 186 Å². The number of amides is 1. The summed E-state index contributed by atoms with van der Waals surface area (Å²) < 4.78 is 24.0. The number of halogens is 1. The Kier molecular flexibility index (Phi) is 10.4. The second-order valence-corrected chi connectivity index (χ2v) is 7.91. The van der Waals surface area contributed by atoms with Crippen LogP contribution in [0, 0.1) is 5.82 Å². The zero-order chi connectivity index (χ0) is 22.6.